The normalized spacial score (nSPS) is 11.4. The first-order valence-electron chi connectivity index (χ1n) is 8.62. The maximum absolute atomic E-state index is 13.4. The van der Waals surface area contributed by atoms with Gasteiger partial charge in [-0.05, 0) is 54.6 Å². The molecule has 29 heavy (non-hydrogen) atoms. The van der Waals surface area contributed by atoms with Crippen molar-refractivity contribution >= 4 is 21.6 Å². The van der Waals surface area contributed by atoms with Gasteiger partial charge in [-0.2, -0.15) is 23.1 Å². The van der Waals surface area contributed by atoms with E-state index < -0.39 is 10.0 Å². The van der Waals surface area contributed by atoms with Crippen molar-refractivity contribution in [2.75, 3.05) is 4.83 Å². The van der Waals surface area contributed by atoms with E-state index in [1.54, 1.807) is 60.7 Å². The lowest BCUT2D eigenvalue weighted by Gasteiger charge is -2.11. The molecule has 0 spiro atoms. The van der Waals surface area contributed by atoms with E-state index in [0.717, 1.165) is 5.56 Å². The summed E-state index contributed by atoms with van der Waals surface area (Å²) in [6, 6.07) is 22.5. The van der Waals surface area contributed by atoms with Crippen LogP contribution >= 0.6 is 11.6 Å². The summed E-state index contributed by atoms with van der Waals surface area (Å²) >= 11 is 5.95. The van der Waals surface area contributed by atoms with Gasteiger partial charge in [-0.1, -0.05) is 41.9 Å². The molecule has 1 N–H and O–H groups in total. The minimum absolute atomic E-state index is 0.105. The standard InChI is InChI=1S/C21H15ClFN3O2S/c22-17-10-6-15(7-11-17)20-14-21(16-8-12-18(23)13-9-16)26(24-20)25-29(27,28)19-4-2-1-3-5-19/h1-14,25H. The Morgan fingerprint density at radius 2 is 1.48 bits per heavy atom. The minimum Gasteiger partial charge on any atom is -0.207 e. The molecular weight excluding hydrogens is 413 g/mol. The summed E-state index contributed by atoms with van der Waals surface area (Å²) in [6.07, 6.45) is 0. The van der Waals surface area contributed by atoms with Gasteiger partial charge >= 0.3 is 0 Å². The SMILES string of the molecule is O=S(=O)(Nn1nc(-c2ccc(Cl)cc2)cc1-c1ccc(F)cc1)c1ccccc1. The zero-order valence-electron chi connectivity index (χ0n) is 15.0. The molecule has 3 aromatic carbocycles. The molecule has 0 atom stereocenters. The molecule has 4 rings (SSSR count). The van der Waals surface area contributed by atoms with Crippen molar-refractivity contribution in [3.63, 3.8) is 0 Å². The average molecular weight is 428 g/mol. The molecule has 0 aliphatic heterocycles. The van der Waals surface area contributed by atoms with Crippen LogP contribution in [-0.4, -0.2) is 18.3 Å². The van der Waals surface area contributed by atoms with Crippen LogP contribution in [0.5, 0.6) is 0 Å². The first-order chi connectivity index (χ1) is 13.9. The number of hydrogen-bond donors (Lipinski definition) is 1. The van der Waals surface area contributed by atoms with E-state index in [1.807, 2.05) is 0 Å². The van der Waals surface area contributed by atoms with Crippen molar-refractivity contribution in [1.29, 1.82) is 0 Å². The van der Waals surface area contributed by atoms with Crippen molar-refractivity contribution in [3.05, 3.63) is 95.8 Å². The molecule has 4 aromatic rings. The summed E-state index contributed by atoms with van der Waals surface area (Å²) in [5.74, 6) is -0.386. The number of nitrogens with zero attached hydrogens (tertiary/aromatic N) is 2. The van der Waals surface area contributed by atoms with Crippen LogP contribution in [0.25, 0.3) is 22.5 Å². The topological polar surface area (TPSA) is 64.0 Å². The lowest BCUT2D eigenvalue weighted by atomic mass is 10.1. The lowest BCUT2D eigenvalue weighted by Crippen LogP contribution is -2.25. The van der Waals surface area contributed by atoms with Crippen LogP contribution in [0.15, 0.2) is 89.8 Å². The summed E-state index contributed by atoms with van der Waals surface area (Å²) in [5, 5.41) is 4.99. The lowest BCUT2D eigenvalue weighted by molar-refractivity contribution is 0.592. The van der Waals surface area contributed by atoms with Crippen LogP contribution in [0.1, 0.15) is 0 Å². The van der Waals surface area contributed by atoms with Crippen LogP contribution in [0.4, 0.5) is 4.39 Å². The summed E-state index contributed by atoms with van der Waals surface area (Å²) in [7, 11) is -3.87. The van der Waals surface area contributed by atoms with E-state index in [-0.39, 0.29) is 10.7 Å². The molecule has 1 aromatic heterocycles. The fourth-order valence-corrected chi connectivity index (χ4v) is 3.92. The predicted molar refractivity (Wildman–Crippen MR) is 111 cm³/mol. The first-order valence-corrected chi connectivity index (χ1v) is 10.5. The monoisotopic (exact) mass is 427 g/mol. The van der Waals surface area contributed by atoms with Crippen LogP contribution in [0, 0.1) is 5.82 Å². The fourth-order valence-electron chi connectivity index (χ4n) is 2.80. The number of hydrogen-bond acceptors (Lipinski definition) is 3. The molecule has 0 unspecified atom stereocenters. The molecule has 1 heterocycles. The van der Waals surface area contributed by atoms with Crippen molar-refractivity contribution in [2.45, 2.75) is 4.90 Å². The number of sulfonamides is 1. The number of halogens is 2. The number of rotatable bonds is 5. The van der Waals surface area contributed by atoms with E-state index in [4.69, 9.17) is 11.6 Å². The van der Waals surface area contributed by atoms with E-state index >= 15 is 0 Å². The quantitative estimate of drug-likeness (QED) is 0.490. The van der Waals surface area contributed by atoms with E-state index in [1.165, 1.54) is 29.1 Å². The molecule has 0 aliphatic carbocycles. The number of benzene rings is 3. The van der Waals surface area contributed by atoms with Crippen molar-refractivity contribution in [2.24, 2.45) is 0 Å². The maximum Gasteiger partial charge on any atom is 0.276 e. The third-order valence-electron chi connectivity index (χ3n) is 4.25. The van der Waals surface area contributed by atoms with Crippen molar-refractivity contribution < 1.29 is 12.8 Å². The highest BCUT2D eigenvalue weighted by molar-refractivity contribution is 7.92. The molecule has 0 aliphatic rings. The molecule has 146 valence electrons. The molecule has 0 saturated heterocycles. The van der Waals surface area contributed by atoms with E-state index in [2.05, 4.69) is 9.93 Å². The number of aromatic nitrogens is 2. The zero-order chi connectivity index (χ0) is 20.4. The van der Waals surface area contributed by atoms with Gasteiger partial charge in [0.25, 0.3) is 10.0 Å². The fraction of sp³-hybridized carbons (Fsp3) is 0. The minimum atomic E-state index is -3.87. The molecule has 0 fully saturated rings. The number of nitrogens with one attached hydrogen (secondary N) is 1. The highest BCUT2D eigenvalue weighted by atomic mass is 35.5. The molecular formula is C21H15ClFN3O2S. The summed E-state index contributed by atoms with van der Waals surface area (Å²) < 4.78 is 38.9. The van der Waals surface area contributed by atoms with Gasteiger partial charge in [0.05, 0.1) is 16.3 Å². The Labute approximate surface area is 172 Å². The zero-order valence-corrected chi connectivity index (χ0v) is 16.5. The van der Waals surface area contributed by atoms with Gasteiger partial charge in [0.2, 0.25) is 0 Å². The van der Waals surface area contributed by atoms with Gasteiger partial charge in [-0.15, -0.1) is 0 Å². The summed E-state index contributed by atoms with van der Waals surface area (Å²) in [4.78, 5) is 3.76. The Morgan fingerprint density at radius 1 is 0.862 bits per heavy atom. The van der Waals surface area contributed by atoms with E-state index in [9.17, 15) is 12.8 Å². The Kier molecular flexibility index (Phi) is 5.08. The largest absolute Gasteiger partial charge is 0.276 e. The van der Waals surface area contributed by atoms with Crippen LogP contribution in [0.3, 0.4) is 0 Å². The molecule has 0 saturated carbocycles. The van der Waals surface area contributed by atoms with Crippen LogP contribution in [0.2, 0.25) is 5.02 Å². The van der Waals surface area contributed by atoms with Gasteiger partial charge in [-0.3, -0.25) is 0 Å². The molecule has 0 amide bonds. The highest BCUT2D eigenvalue weighted by Crippen LogP contribution is 2.27. The smallest absolute Gasteiger partial charge is 0.207 e. The highest BCUT2D eigenvalue weighted by Gasteiger charge is 2.19. The third kappa shape index (κ3) is 4.16. The molecule has 0 radical (unpaired) electrons. The van der Waals surface area contributed by atoms with Gasteiger partial charge in [0, 0.05) is 16.1 Å². The Bertz CT molecular complexity index is 1240. The van der Waals surface area contributed by atoms with Crippen LogP contribution in [-0.2, 0) is 10.0 Å². The summed E-state index contributed by atoms with van der Waals surface area (Å²) in [5.41, 5.74) is 2.37. The Hall–Kier alpha value is -3.16. The second-order valence-corrected chi connectivity index (χ2v) is 8.35. The molecule has 0 bridgehead atoms. The average Bonchev–Trinajstić information content (AvgIpc) is 3.13. The van der Waals surface area contributed by atoms with Gasteiger partial charge < -0.3 is 0 Å². The molecule has 5 nitrogen and oxygen atoms in total. The first kappa shape index (κ1) is 19.2. The van der Waals surface area contributed by atoms with Gasteiger partial charge in [0.15, 0.2) is 0 Å². The third-order valence-corrected chi connectivity index (χ3v) is 5.81. The second-order valence-electron chi connectivity index (χ2n) is 6.25. The van der Waals surface area contributed by atoms with Gasteiger partial charge in [0.1, 0.15) is 5.82 Å². The van der Waals surface area contributed by atoms with E-state index in [0.29, 0.717) is 22.0 Å². The molecule has 8 heteroatoms. The van der Waals surface area contributed by atoms with Crippen molar-refractivity contribution in [1.82, 2.24) is 9.89 Å². The van der Waals surface area contributed by atoms with Gasteiger partial charge in [-0.25, -0.2) is 4.39 Å². The predicted octanol–water partition coefficient (Wildman–Crippen LogP) is 4.94. The Morgan fingerprint density at radius 3 is 2.14 bits per heavy atom. The maximum atomic E-state index is 13.4. The second kappa shape index (κ2) is 7.69. The Balaban J connectivity index is 1.80. The van der Waals surface area contributed by atoms with Crippen LogP contribution < -0.4 is 4.83 Å². The van der Waals surface area contributed by atoms with Crippen molar-refractivity contribution in [3.8, 4) is 22.5 Å². The summed E-state index contributed by atoms with van der Waals surface area (Å²) in [6.45, 7) is 0.